The number of hydrogen-bond donors (Lipinski definition) is 2. The van der Waals surface area contributed by atoms with Crippen LogP contribution in [0.3, 0.4) is 0 Å². The van der Waals surface area contributed by atoms with Crippen LogP contribution in [0.25, 0.3) is 33.4 Å². The maximum absolute atomic E-state index is 14.0. The summed E-state index contributed by atoms with van der Waals surface area (Å²) in [5, 5.41) is 7.37. The highest BCUT2D eigenvalue weighted by Gasteiger charge is 2.31. The van der Waals surface area contributed by atoms with Crippen molar-refractivity contribution in [1.29, 1.82) is 0 Å². The highest BCUT2D eigenvalue weighted by molar-refractivity contribution is 5.92. The van der Waals surface area contributed by atoms with Crippen molar-refractivity contribution in [1.82, 2.24) is 15.3 Å². The van der Waals surface area contributed by atoms with E-state index in [2.05, 4.69) is 10.6 Å². The lowest BCUT2D eigenvalue weighted by Crippen LogP contribution is -2.14. The minimum Gasteiger partial charge on any atom is -0.369 e. The van der Waals surface area contributed by atoms with E-state index in [0.29, 0.717) is 35.4 Å². The molecule has 4 rings (SSSR count). The topological polar surface area (TPSA) is 49.8 Å². The summed E-state index contributed by atoms with van der Waals surface area (Å²) in [5.41, 5.74) is 1.95. The first-order chi connectivity index (χ1) is 16.3. The Morgan fingerprint density at radius 3 is 2.38 bits per heavy atom. The number of anilines is 1. The second kappa shape index (κ2) is 9.77. The van der Waals surface area contributed by atoms with Crippen LogP contribution in [0.15, 0.2) is 60.7 Å². The van der Waals surface area contributed by atoms with E-state index in [-0.39, 0.29) is 5.56 Å². The fraction of sp³-hybridized carbons (Fsp3) is 0.231. The number of halogens is 4. The van der Waals surface area contributed by atoms with Gasteiger partial charge in [-0.1, -0.05) is 30.3 Å². The molecule has 3 aromatic carbocycles. The maximum Gasteiger partial charge on any atom is 0.416 e. The van der Waals surface area contributed by atoms with Crippen LogP contribution in [0.2, 0.25) is 0 Å². The minimum absolute atomic E-state index is 0.136. The van der Waals surface area contributed by atoms with Crippen molar-refractivity contribution < 1.29 is 17.6 Å². The summed E-state index contributed by atoms with van der Waals surface area (Å²) in [6, 6.07) is 15.2. The average Bonchev–Trinajstić information content (AvgIpc) is 2.81. The molecule has 0 fully saturated rings. The molecule has 0 bridgehead atoms. The van der Waals surface area contributed by atoms with E-state index in [9.17, 15) is 17.6 Å². The zero-order valence-corrected chi connectivity index (χ0v) is 18.8. The number of nitrogens with one attached hydrogen (secondary N) is 2. The lowest BCUT2D eigenvalue weighted by atomic mass is 10.00. The molecule has 0 spiro atoms. The zero-order valence-electron chi connectivity index (χ0n) is 18.8. The van der Waals surface area contributed by atoms with E-state index in [4.69, 9.17) is 9.97 Å². The number of alkyl halides is 3. The number of aromatic nitrogens is 2. The van der Waals surface area contributed by atoms with Crippen molar-refractivity contribution in [2.45, 2.75) is 19.5 Å². The summed E-state index contributed by atoms with van der Waals surface area (Å²) in [6.07, 6.45) is -3.74. The zero-order chi connectivity index (χ0) is 24.3. The number of aryl methyl sites for hydroxylation is 1. The molecule has 1 heterocycles. The first kappa shape index (κ1) is 23.6. The molecule has 0 unspecified atom stereocenters. The molecule has 0 atom stereocenters. The summed E-state index contributed by atoms with van der Waals surface area (Å²) in [6.45, 7) is 3.53. The van der Waals surface area contributed by atoms with Gasteiger partial charge in [0.15, 0.2) is 5.82 Å². The third-order valence-electron chi connectivity index (χ3n) is 5.50. The summed E-state index contributed by atoms with van der Waals surface area (Å²) >= 11 is 0. The predicted molar refractivity (Wildman–Crippen MR) is 127 cm³/mol. The fourth-order valence-corrected chi connectivity index (χ4v) is 3.79. The number of rotatable bonds is 7. The van der Waals surface area contributed by atoms with Crippen molar-refractivity contribution in [3.05, 3.63) is 77.6 Å². The van der Waals surface area contributed by atoms with E-state index < -0.39 is 17.6 Å². The van der Waals surface area contributed by atoms with Crippen LogP contribution in [-0.2, 0) is 6.18 Å². The quantitative estimate of drug-likeness (QED) is 0.242. The smallest absolute Gasteiger partial charge is 0.369 e. The standard InChI is InChI=1S/C26H24F4N4/c1-16-6-3-9-22-23(16)33-24(34-25(22)32-11-5-10-31-2)18-8-4-7-17(12-18)19-13-20(26(28,29)30)15-21(27)14-19/h3-4,6-9,12-15,31H,5,10-11H2,1-2H3,(H,32,33,34). The highest BCUT2D eigenvalue weighted by Crippen LogP contribution is 2.34. The molecular weight excluding hydrogens is 444 g/mol. The van der Waals surface area contributed by atoms with Gasteiger partial charge < -0.3 is 10.6 Å². The van der Waals surface area contributed by atoms with Crippen molar-refractivity contribution in [2.24, 2.45) is 0 Å². The Bertz CT molecular complexity index is 1320. The Hall–Kier alpha value is -3.52. The van der Waals surface area contributed by atoms with Gasteiger partial charge in [0.05, 0.1) is 11.1 Å². The highest BCUT2D eigenvalue weighted by atomic mass is 19.4. The first-order valence-corrected chi connectivity index (χ1v) is 10.9. The largest absolute Gasteiger partial charge is 0.416 e. The molecule has 0 aliphatic carbocycles. The van der Waals surface area contributed by atoms with Crippen molar-refractivity contribution in [3.8, 4) is 22.5 Å². The molecule has 4 aromatic rings. The molecule has 176 valence electrons. The minimum atomic E-state index is -4.64. The molecule has 0 radical (unpaired) electrons. The van der Waals surface area contributed by atoms with Crippen LogP contribution in [0.5, 0.6) is 0 Å². The Kier molecular flexibility index (Phi) is 6.79. The second-order valence-corrected chi connectivity index (χ2v) is 8.06. The Morgan fingerprint density at radius 1 is 0.853 bits per heavy atom. The molecule has 1 aromatic heterocycles. The summed E-state index contributed by atoms with van der Waals surface area (Å²) in [4.78, 5) is 9.46. The SMILES string of the molecule is CNCCCNc1nc(-c2cccc(-c3cc(F)cc(C(F)(F)F)c3)c2)nc2c(C)cccc12. The molecule has 34 heavy (non-hydrogen) atoms. The monoisotopic (exact) mass is 468 g/mol. The molecule has 0 saturated heterocycles. The van der Waals surface area contributed by atoms with Gasteiger partial charge in [0.1, 0.15) is 11.6 Å². The van der Waals surface area contributed by atoms with E-state index in [0.717, 1.165) is 41.6 Å². The molecule has 0 aliphatic rings. The number of nitrogens with zero attached hydrogens (tertiary/aromatic N) is 2. The normalized spacial score (nSPS) is 11.7. The van der Waals surface area contributed by atoms with Gasteiger partial charge in [-0.15, -0.1) is 0 Å². The fourth-order valence-electron chi connectivity index (χ4n) is 3.79. The number of benzene rings is 3. The third-order valence-corrected chi connectivity index (χ3v) is 5.50. The maximum atomic E-state index is 14.0. The van der Waals surface area contributed by atoms with Crippen LogP contribution >= 0.6 is 0 Å². The van der Waals surface area contributed by atoms with Gasteiger partial charge in [-0.25, -0.2) is 14.4 Å². The van der Waals surface area contributed by atoms with E-state index in [1.165, 1.54) is 0 Å². The molecule has 0 aliphatic heterocycles. The van der Waals surface area contributed by atoms with E-state index in [1.807, 2.05) is 32.2 Å². The predicted octanol–water partition coefficient (Wildman–Crippen LogP) is 6.45. The molecule has 8 heteroatoms. The van der Waals surface area contributed by atoms with Crippen molar-refractivity contribution >= 4 is 16.7 Å². The number of para-hydroxylation sites is 1. The second-order valence-electron chi connectivity index (χ2n) is 8.06. The van der Waals surface area contributed by atoms with Gasteiger partial charge in [0, 0.05) is 17.5 Å². The van der Waals surface area contributed by atoms with Crippen molar-refractivity contribution in [2.75, 3.05) is 25.5 Å². The van der Waals surface area contributed by atoms with Gasteiger partial charge in [-0.3, -0.25) is 0 Å². The van der Waals surface area contributed by atoms with Crippen LogP contribution < -0.4 is 10.6 Å². The molecule has 0 amide bonds. The van der Waals surface area contributed by atoms with Crippen LogP contribution in [0, 0.1) is 12.7 Å². The van der Waals surface area contributed by atoms with Gasteiger partial charge in [0.2, 0.25) is 0 Å². The van der Waals surface area contributed by atoms with Gasteiger partial charge in [-0.05, 0) is 74.0 Å². The number of hydrogen-bond acceptors (Lipinski definition) is 4. The summed E-state index contributed by atoms with van der Waals surface area (Å²) in [5.74, 6) is 0.184. The van der Waals surface area contributed by atoms with Gasteiger partial charge in [-0.2, -0.15) is 13.2 Å². The average molecular weight is 468 g/mol. The van der Waals surface area contributed by atoms with Gasteiger partial charge in [0.25, 0.3) is 0 Å². The number of fused-ring (bicyclic) bond motifs is 1. The molecular formula is C26H24F4N4. The Labute approximate surface area is 195 Å². The van der Waals surface area contributed by atoms with E-state index in [1.54, 1.807) is 24.3 Å². The van der Waals surface area contributed by atoms with Crippen LogP contribution in [0.1, 0.15) is 17.5 Å². The van der Waals surface area contributed by atoms with Crippen LogP contribution in [-0.4, -0.2) is 30.1 Å². The molecule has 4 nitrogen and oxygen atoms in total. The van der Waals surface area contributed by atoms with E-state index >= 15 is 0 Å². The Morgan fingerprint density at radius 2 is 1.62 bits per heavy atom. The first-order valence-electron chi connectivity index (χ1n) is 10.9. The van der Waals surface area contributed by atoms with Gasteiger partial charge >= 0.3 is 6.18 Å². The lowest BCUT2D eigenvalue weighted by molar-refractivity contribution is -0.137. The molecule has 0 saturated carbocycles. The van der Waals surface area contributed by atoms with Crippen molar-refractivity contribution in [3.63, 3.8) is 0 Å². The lowest BCUT2D eigenvalue weighted by Gasteiger charge is -2.13. The van der Waals surface area contributed by atoms with Crippen LogP contribution in [0.4, 0.5) is 23.4 Å². The Balaban J connectivity index is 1.78. The summed E-state index contributed by atoms with van der Waals surface area (Å²) in [7, 11) is 1.89. The summed E-state index contributed by atoms with van der Waals surface area (Å²) < 4.78 is 53.5. The third kappa shape index (κ3) is 5.17. The molecule has 2 N–H and O–H groups in total.